The van der Waals surface area contributed by atoms with Crippen LogP contribution in [0.3, 0.4) is 0 Å². The lowest BCUT2D eigenvalue weighted by Crippen LogP contribution is -2.55. The Kier molecular flexibility index (Phi) is 12.1. The number of fused-ring (bicyclic) bond motifs is 3. The fourth-order valence-corrected chi connectivity index (χ4v) is 10.6. The molecule has 6 aromatic carbocycles. The third kappa shape index (κ3) is 9.31. The Bertz CT molecular complexity index is 3120. The van der Waals surface area contributed by atoms with Crippen molar-refractivity contribution in [3.63, 3.8) is 0 Å². The van der Waals surface area contributed by atoms with Gasteiger partial charge in [0.05, 0.1) is 36.8 Å². The van der Waals surface area contributed by atoms with Gasteiger partial charge in [0.25, 0.3) is 0 Å². The quantitative estimate of drug-likeness (QED) is 0.106. The maximum Gasteiger partial charge on any atom is 0.326 e. The van der Waals surface area contributed by atoms with E-state index in [1.807, 2.05) is 54.6 Å². The molecule has 65 heavy (non-hydrogen) atoms. The number of nitrogens with zero attached hydrogens (tertiary/aromatic N) is 3. The molecule has 2 aliphatic heterocycles. The number of aliphatic carboxylic acids is 1. The van der Waals surface area contributed by atoms with Crippen molar-refractivity contribution in [2.24, 2.45) is 0 Å². The molecule has 13 nitrogen and oxygen atoms in total. The number of ether oxygens (including phenoxy) is 3. The molecule has 1 aromatic heterocycles. The molecule has 0 saturated heterocycles. The maximum absolute atomic E-state index is 14.7. The number of nitrogens with one attached hydrogen (secondary N) is 1. The lowest BCUT2D eigenvalue weighted by Gasteiger charge is -2.36. The summed E-state index contributed by atoms with van der Waals surface area (Å²) in [5.41, 5.74) is 12.3. The van der Waals surface area contributed by atoms with E-state index in [0.717, 1.165) is 37.9 Å². The first-order valence-corrected chi connectivity index (χ1v) is 23.2. The Balaban J connectivity index is 0.954. The molecule has 0 spiro atoms. The first-order chi connectivity index (χ1) is 31.3. The predicted octanol–water partition coefficient (Wildman–Crippen LogP) is 8.74. The topological polar surface area (TPSA) is 194 Å². The molecule has 2 aliphatic rings. The molecule has 0 aliphatic carbocycles. The molecule has 0 fully saturated rings. The molecule has 0 bridgehead atoms. The van der Waals surface area contributed by atoms with Crippen LogP contribution in [0.2, 0.25) is 10.0 Å². The van der Waals surface area contributed by atoms with E-state index < -0.39 is 40.1 Å². The Morgan fingerprint density at radius 3 is 2.32 bits per heavy atom. The largest absolute Gasteiger partial charge is 0.489 e. The van der Waals surface area contributed by atoms with Gasteiger partial charge in [0.2, 0.25) is 15.9 Å². The van der Waals surface area contributed by atoms with Crippen LogP contribution in [0, 0.1) is 11.3 Å². The van der Waals surface area contributed by atoms with Crippen LogP contribution in [0.25, 0.3) is 21.3 Å². The second-order valence-electron chi connectivity index (χ2n) is 15.5. The van der Waals surface area contributed by atoms with E-state index in [0.29, 0.717) is 66.4 Å². The van der Waals surface area contributed by atoms with Crippen molar-refractivity contribution in [3.8, 4) is 34.4 Å². The number of thiazole rings is 1. The Morgan fingerprint density at radius 1 is 0.908 bits per heavy atom. The van der Waals surface area contributed by atoms with Gasteiger partial charge in [-0.1, -0.05) is 89.1 Å². The molecule has 3 unspecified atom stereocenters. The van der Waals surface area contributed by atoms with Gasteiger partial charge in [-0.2, -0.15) is 9.57 Å². The van der Waals surface area contributed by atoms with E-state index >= 15 is 0 Å². The van der Waals surface area contributed by atoms with Gasteiger partial charge in [-0.25, -0.2) is 18.2 Å². The minimum absolute atomic E-state index is 0.0669. The first-order valence-electron chi connectivity index (χ1n) is 20.2. The van der Waals surface area contributed by atoms with Crippen molar-refractivity contribution in [3.05, 3.63) is 165 Å². The number of nitrogens with two attached hydrogens (primary N) is 1. The molecular weight excluding hydrogens is 910 g/mol. The van der Waals surface area contributed by atoms with E-state index in [-0.39, 0.29) is 36.0 Å². The highest BCUT2D eigenvalue weighted by Crippen LogP contribution is 2.42. The summed E-state index contributed by atoms with van der Waals surface area (Å²) in [6.07, 6.45) is -0.640. The fraction of sp³-hybridized carbons (Fsp3) is 0.167. The summed E-state index contributed by atoms with van der Waals surface area (Å²) >= 11 is 13.3. The summed E-state index contributed by atoms with van der Waals surface area (Å²) in [5, 5.41) is 23.3. The van der Waals surface area contributed by atoms with Crippen molar-refractivity contribution in [1.29, 1.82) is 5.26 Å². The number of carboxylic acids is 1. The normalized spacial score (nSPS) is 16.3. The zero-order valence-electron chi connectivity index (χ0n) is 34.1. The van der Waals surface area contributed by atoms with Crippen LogP contribution in [0.15, 0.2) is 126 Å². The summed E-state index contributed by atoms with van der Waals surface area (Å²) in [6, 6.07) is 34.3. The minimum Gasteiger partial charge on any atom is -0.489 e. The number of nitrogen functional groups attached to an aromatic ring is 1. The third-order valence-electron chi connectivity index (χ3n) is 11.3. The van der Waals surface area contributed by atoms with E-state index in [1.54, 1.807) is 54.6 Å². The van der Waals surface area contributed by atoms with Crippen LogP contribution in [0.4, 0.5) is 5.13 Å². The van der Waals surface area contributed by atoms with E-state index in [9.17, 15) is 23.1 Å². The summed E-state index contributed by atoms with van der Waals surface area (Å²) in [6.45, 7) is 0.247. The number of carbonyl (C=O) groups is 2. The van der Waals surface area contributed by atoms with E-state index in [4.69, 9.17) is 48.4 Å². The minimum atomic E-state index is -4.39. The van der Waals surface area contributed by atoms with Gasteiger partial charge in [0, 0.05) is 13.0 Å². The summed E-state index contributed by atoms with van der Waals surface area (Å²) in [7, 11) is -4.39. The highest BCUT2D eigenvalue weighted by atomic mass is 35.5. The van der Waals surface area contributed by atoms with Crippen molar-refractivity contribution < 1.29 is 37.3 Å². The smallest absolute Gasteiger partial charge is 0.326 e. The summed E-state index contributed by atoms with van der Waals surface area (Å²) in [5.74, 6) is -0.597. The zero-order valence-corrected chi connectivity index (χ0v) is 37.3. The van der Waals surface area contributed by atoms with Crippen molar-refractivity contribution >= 4 is 71.8 Å². The third-order valence-corrected chi connectivity index (χ3v) is 14.7. The lowest BCUT2D eigenvalue weighted by atomic mass is 9.93. The summed E-state index contributed by atoms with van der Waals surface area (Å²) in [4.78, 5) is 31.2. The second-order valence-corrected chi connectivity index (χ2v) is 19.3. The molecule has 0 radical (unpaired) electrons. The number of amides is 1. The maximum atomic E-state index is 14.7. The van der Waals surface area contributed by atoms with Crippen LogP contribution in [-0.4, -0.2) is 53.4 Å². The van der Waals surface area contributed by atoms with Crippen molar-refractivity contribution in [1.82, 2.24) is 14.6 Å². The van der Waals surface area contributed by atoms with Gasteiger partial charge >= 0.3 is 5.97 Å². The number of benzene rings is 6. The number of rotatable bonds is 12. The molecule has 4 N–H and O–H groups in total. The van der Waals surface area contributed by atoms with Crippen LogP contribution in [0.5, 0.6) is 17.2 Å². The predicted molar refractivity (Wildman–Crippen MR) is 247 cm³/mol. The number of hydrogen-bond acceptors (Lipinski definition) is 11. The van der Waals surface area contributed by atoms with Crippen LogP contribution in [-0.2, 0) is 45.6 Å². The monoisotopic (exact) mass is 945 g/mol. The van der Waals surface area contributed by atoms with Crippen molar-refractivity contribution in [2.75, 3.05) is 12.3 Å². The molecule has 7 aromatic rings. The van der Waals surface area contributed by atoms with Crippen molar-refractivity contribution in [2.45, 2.75) is 49.1 Å². The lowest BCUT2D eigenvalue weighted by molar-refractivity contribution is -0.142. The van der Waals surface area contributed by atoms with Gasteiger partial charge < -0.3 is 30.4 Å². The van der Waals surface area contributed by atoms with E-state index in [1.165, 1.54) is 12.1 Å². The molecule has 0 saturated carbocycles. The molecule has 328 valence electrons. The highest BCUT2D eigenvalue weighted by molar-refractivity contribution is 7.89. The SMILES string of the molecule is N#Cc1ccc(-c2ccc(CC(NC(=O)C3Cc4cc5c(cc4CN3S(=O)(=O)c3ccc4nc(N)sc4c3)OC(c3ccc(OCc4ccc(Cl)c(Cl)c4)cc3)CO5)C(=O)O)cc2)cc1. The zero-order chi connectivity index (χ0) is 45.4. The van der Waals surface area contributed by atoms with Crippen LogP contribution < -0.4 is 25.3 Å². The number of sulfonamides is 1. The second kappa shape index (κ2) is 18.1. The van der Waals surface area contributed by atoms with Crippen LogP contribution >= 0.6 is 34.5 Å². The van der Waals surface area contributed by atoms with Gasteiger partial charge in [-0.3, -0.25) is 4.79 Å². The number of carboxylic acid groups (broad SMARTS) is 1. The standard InChI is InChI=1S/C48H37Cl2N5O8S2/c49-37-15-5-29(17-38(37)50)25-61-35-12-10-32(11-13-35)44-26-62-42-20-33-19-41(46(56)53-40(47(57)58)18-27-1-6-30(7-2-27)31-8-3-28(23-51)4-9-31)55(24-34(33)21-43(42)63-44)65(59,60)36-14-16-39-45(22-36)64-48(52)54-39/h1-17,20-22,40-41,44H,18-19,24-26H2,(H2,52,54)(H,53,56)(H,57,58). The molecule has 1 amide bonds. The average molecular weight is 947 g/mol. The Labute approximate surface area is 387 Å². The van der Waals surface area contributed by atoms with Gasteiger partial charge in [-0.05, 0) is 112 Å². The molecular formula is C48H37Cl2N5O8S2. The Morgan fingerprint density at radius 2 is 1.62 bits per heavy atom. The molecule has 3 atom stereocenters. The van der Waals surface area contributed by atoms with Gasteiger partial charge in [0.1, 0.15) is 31.0 Å². The number of anilines is 1. The molecule has 9 rings (SSSR count). The number of hydrogen-bond donors (Lipinski definition) is 3. The van der Waals surface area contributed by atoms with E-state index in [2.05, 4.69) is 16.4 Å². The van der Waals surface area contributed by atoms with Gasteiger partial charge in [0.15, 0.2) is 22.7 Å². The molecule has 3 heterocycles. The van der Waals surface area contributed by atoms with Crippen LogP contribution in [0.1, 0.15) is 39.5 Å². The highest BCUT2D eigenvalue weighted by Gasteiger charge is 2.42. The number of nitriles is 1. The fourth-order valence-electron chi connectivity index (χ4n) is 7.84. The Hall–Kier alpha value is -6.67. The average Bonchev–Trinajstić information content (AvgIpc) is 3.70. The summed E-state index contributed by atoms with van der Waals surface area (Å²) < 4.78 is 49.6. The number of halogens is 2. The molecule has 17 heteroatoms. The number of carbonyl (C=O) groups excluding carboxylic acids is 1. The van der Waals surface area contributed by atoms with Gasteiger partial charge in [-0.15, -0.1) is 0 Å². The number of aromatic nitrogens is 1. The first kappa shape index (κ1) is 43.6.